The van der Waals surface area contributed by atoms with Gasteiger partial charge in [0.1, 0.15) is 25.9 Å². The number of rotatable bonds is 7. The number of likely N-dealkylation sites (tertiary alicyclic amines) is 2. The van der Waals surface area contributed by atoms with E-state index in [2.05, 4.69) is 77.3 Å². The van der Waals surface area contributed by atoms with Gasteiger partial charge in [0.05, 0.1) is 41.6 Å². The summed E-state index contributed by atoms with van der Waals surface area (Å²) in [5.41, 5.74) is 7.05. The van der Waals surface area contributed by atoms with Crippen molar-refractivity contribution in [2.45, 2.75) is 238 Å². The second-order valence-corrected chi connectivity index (χ2v) is 34.0. The van der Waals surface area contributed by atoms with Gasteiger partial charge in [-0.3, -0.25) is 0 Å². The van der Waals surface area contributed by atoms with Gasteiger partial charge < -0.3 is 48.8 Å². The maximum atomic E-state index is 13.8. The minimum absolute atomic E-state index is 0. The molecule has 14 heteroatoms. The molecule has 0 aromatic heterocycles. The van der Waals surface area contributed by atoms with E-state index < -0.39 is 6.16 Å². The van der Waals surface area contributed by atoms with Gasteiger partial charge in [0.15, 0.2) is 0 Å². The molecule has 0 radical (unpaired) electrons. The van der Waals surface area contributed by atoms with E-state index in [-0.39, 0.29) is 129 Å². The standard InChI is InChI=1S/C44H55NO6.C36H49NO4.Na.H2O/c1-28-21-37-38(45(24-28)39(46)48-25-30-11-7-5-8-12-30)29(2)44(51-37)20-18-35-34-16-15-32-22-33(50-40(47)49-26-31-13-9-6-10-14-31)17-19-41(32,3)36(34)23-43(35)27-42(43,44)4;1-22-16-30-31(37(19-22)32(39)40-20-24-8-6-5-7-9-24)23(2)36(41-30)15-13-28-27-11-10-25-17-26(38)12-14-33(25,3)29(27)18-35(28)21-34(35,36)4;;/h5-15,28-29,33-38H,16-27H2,1-4H3;5-10,22-23,26-31,38H,11-21H2,1-4H3;;1H2/q;;+1;/p-1/t28-,29+,33-,34-,35-,36-,37+,38-,41-,42+,43+,44+;22-,23+,26-,27-,28-,29-,30+,31-,33-,34+,35+,36+;;/m00../s1. The van der Waals surface area contributed by atoms with E-state index in [4.69, 9.17) is 28.4 Å². The molecule has 17 rings (SSSR count). The molecule has 4 aliphatic heterocycles. The number of benzene rings is 3. The van der Waals surface area contributed by atoms with Crippen molar-refractivity contribution in [1.29, 1.82) is 0 Å². The Morgan fingerprint density at radius 3 is 1.40 bits per heavy atom. The van der Waals surface area contributed by atoms with Crippen LogP contribution in [0.2, 0.25) is 0 Å². The number of hydrogen-bond acceptors (Lipinski definition) is 11. The molecule has 0 bridgehead atoms. The first-order valence-electron chi connectivity index (χ1n) is 36.4. The smallest absolute Gasteiger partial charge is 0.870 e. The average molecular weight is 1290 g/mol. The number of allylic oxidation sites excluding steroid dienone is 2. The van der Waals surface area contributed by atoms with Crippen molar-refractivity contribution in [2.75, 3.05) is 13.1 Å². The number of carbonyl (C=O) groups excluding carboxylic acids is 3. The Kier molecular flexibility index (Phi) is 17.3. The summed E-state index contributed by atoms with van der Waals surface area (Å²) in [7, 11) is 0. The van der Waals surface area contributed by atoms with Crippen molar-refractivity contribution in [3.05, 3.63) is 131 Å². The van der Waals surface area contributed by atoms with Gasteiger partial charge in [-0.15, -0.1) is 0 Å². The number of amides is 2. The Bertz CT molecular complexity index is 3410. The molecular weight excluding hydrogens is 1190 g/mol. The van der Waals surface area contributed by atoms with Gasteiger partial charge in [-0.2, -0.15) is 0 Å². The summed E-state index contributed by atoms with van der Waals surface area (Å²) in [6.45, 7) is 21.9. The molecule has 10 aliphatic carbocycles. The normalized spacial score (nSPS) is 45.7. The van der Waals surface area contributed by atoms with E-state index in [1.165, 1.54) is 50.5 Å². The number of ether oxygens (including phenoxy) is 6. The number of aliphatic hydroxyl groups is 1. The fourth-order valence-corrected chi connectivity index (χ4v) is 25.6. The minimum Gasteiger partial charge on any atom is -0.870 e. The third-order valence-corrected chi connectivity index (χ3v) is 30.1. The first kappa shape index (κ1) is 67.0. The van der Waals surface area contributed by atoms with Crippen LogP contribution in [0.5, 0.6) is 0 Å². The molecule has 13 nitrogen and oxygen atoms in total. The van der Waals surface area contributed by atoms with E-state index >= 15 is 0 Å². The largest absolute Gasteiger partial charge is 1.00 e. The van der Waals surface area contributed by atoms with E-state index in [1.54, 1.807) is 5.57 Å². The molecule has 3 aromatic carbocycles. The van der Waals surface area contributed by atoms with E-state index in [1.807, 2.05) is 91.0 Å². The Morgan fingerprint density at radius 1 is 0.543 bits per heavy atom. The summed E-state index contributed by atoms with van der Waals surface area (Å²) in [5.74, 6) is 5.70. The van der Waals surface area contributed by atoms with Crippen molar-refractivity contribution in [1.82, 2.24) is 9.80 Å². The molecule has 8 saturated carbocycles. The Labute approximate surface area is 581 Å². The maximum absolute atomic E-state index is 13.8. The summed E-state index contributed by atoms with van der Waals surface area (Å²) in [4.78, 5) is 44.1. The van der Waals surface area contributed by atoms with Gasteiger partial charge in [-0.05, 0) is 195 Å². The van der Waals surface area contributed by atoms with Crippen LogP contribution in [0.3, 0.4) is 0 Å². The van der Waals surface area contributed by atoms with Crippen LogP contribution in [0.15, 0.2) is 114 Å². The average Bonchev–Trinajstić information content (AvgIpc) is 1.47. The number of aliphatic hydroxyl groups excluding tert-OH is 1. The van der Waals surface area contributed by atoms with Crippen molar-refractivity contribution >= 4 is 18.3 Å². The van der Waals surface area contributed by atoms with Crippen LogP contribution < -0.4 is 29.6 Å². The molecule has 3 aromatic rings. The summed E-state index contributed by atoms with van der Waals surface area (Å²) in [5, 5.41) is 10.5. The van der Waals surface area contributed by atoms with Crippen LogP contribution in [0.4, 0.5) is 14.4 Å². The summed E-state index contributed by atoms with van der Waals surface area (Å²) in [6, 6.07) is 29.9. The second-order valence-electron chi connectivity index (χ2n) is 34.0. The van der Waals surface area contributed by atoms with Crippen molar-refractivity contribution in [3.8, 4) is 0 Å². The molecule has 4 heterocycles. The van der Waals surface area contributed by atoms with Crippen LogP contribution in [0.1, 0.15) is 188 Å². The zero-order chi connectivity index (χ0) is 63.5. The van der Waals surface area contributed by atoms with E-state index in [9.17, 15) is 19.5 Å². The number of nitrogens with zero attached hydrogens (tertiary/aromatic N) is 2. The van der Waals surface area contributed by atoms with Gasteiger partial charge in [0, 0.05) is 42.2 Å². The van der Waals surface area contributed by atoms with Gasteiger partial charge in [0.25, 0.3) is 0 Å². The van der Waals surface area contributed by atoms with Crippen molar-refractivity contribution < 1.29 is 82.9 Å². The summed E-state index contributed by atoms with van der Waals surface area (Å²) < 4.78 is 38.1. The first-order chi connectivity index (χ1) is 44.2. The quantitative estimate of drug-likeness (QED) is 0.104. The second kappa shape index (κ2) is 24.3. The first-order valence-corrected chi connectivity index (χ1v) is 36.4. The fraction of sp³-hybridized carbons (Fsp3) is 0.688. The molecule has 0 unspecified atom stereocenters. The monoisotopic (exact) mass is 1290 g/mol. The number of fused-ring (bicyclic) bond motifs is 12. The Hall–Kier alpha value is -4.21. The number of piperidine rings is 2. The Balaban J connectivity index is 0.000000162. The summed E-state index contributed by atoms with van der Waals surface area (Å²) >= 11 is 0. The summed E-state index contributed by atoms with van der Waals surface area (Å²) in [6.07, 6.45) is 24.0. The van der Waals surface area contributed by atoms with E-state index in [0.717, 1.165) is 124 Å². The molecule has 502 valence electrons. The van der Waals surface area contributed by atoms with Crippen LogP contribution in [-0.4, -0.2) is 99.5 Å². The van der Waals surface area contributed by atoms with Gasteiger partial charge in [-0.25, -0.2) is 14.4 Å². The van der Waals surface area contributed by atoms with Crippen molar-refractivity contribution in [3.63, 3.8) is 0 Å². The molecular formula is C80H105N2NaO11. The SMILES string of the molecule is C[C@H]1C[C@H]2O[C@]3(CC[C@H]4[C@@H]5CC=C6C[C@@H](O)CC[C@]6(C)[C@H]5C[C@@]45C[C@]53C)[C@H](C)[C@@H]2N(C(=O)OCc2ccccc2)C1.C[C@H]1C[C@H]2O[C@]3(CC[C@H]4[C@@H]5CC=C6C[C@@H](OC(=O)OCc7ccccc7)CC[C@]6(C)[C@H]5C[C@@]45C[C@]53C)[C@H](C)[C@@H]2N(C(=O)OCc2ccccc2)C1.[Na+].[OH-]. The fourth-order valence-electron chi connectivity index (χ4n) is 25.6. The number of carbonyl (C=O) groups is 3. The molecule has 24 atom stereocenters. The van der Waals surface area contributed by atoms with Crippen LogP contribution in [0.25, 0.3) is 0 Å². The minimum atomic E-state index is -0.560. The van der Waals surface area contributed by atoms with Crippen LogP contribution in [0, 0.1) is 91.7 Å². The molecule has 12 fully saturated rings. The molecule has 14 aliphatic rings. The zero-order valence-electron chi connectivity index (χ0n) is 57.8. The van der Waals surface area contributed by atoms with Crippen molar-refractivity contribution in [2.24, 2.45) is 91.7 Å². The topological polar surface area (TPSA) is 163 Å². The third kappa shape index (κ3) is 10.0. The van der Waals surface area contributed by atoms with Gasteiger partial charge >= 0.3 is 47.9 Å². The van der Waals surface area contributed by atoms with Crippen LogP contribution >= 0.6 is 0 Å². The molecule has 4 saturated heterocycles. The maximum Gasteiger partial charge on any atom is 1.00 e. The predicted octanol–water partition coefficient (Wildman–Crippen LogP) is 13.5. The molecule has 2 amide bonds. The molecule has 4 spiro atoms. The number of hydrogen-bond donors (Lipinski definition) is 1. The van der Waals surface area contributed by atoms with Gasteiger partial charge in [0.2, 0.25) is 0 Å². The Morgan fingerprint density at radius 2 is 0.957 bits per heavy atom. The van der Waals surface area contributed by atoms with E-state index in [0.29, 0.717) is 53.6 Å². The molecule has 2 N–H and O–H groups in total. The third-order valence-electron chi connectivity index (χ3n) is 30.1. The predicted molar refractivity (Wildman–Crippen MR) is 353 cm³/mol. The molecule has 94 heavy (non-hydrogen) atoms. The van der Waals surface area contributed by atoms with Gasteiger partial charge in [-0.1, -0.05) is 170 Å². The van der Waals surface area contributed by atoms with Crippen LogP contribution in [-0.2, 0) is 48.2 Å². The zero-order valence-corrected chi connectivity index (χ0v) is 59.8.